The zero-order valence-corrected chi connectivity index (χ0v) is 19.5. The van der Waals surface area contributed by atoms with Crippen molar-refractivity contribution in [3.8, 4) is 5.75 Å². The molecule has 1 aliphatic rings. The average molecular weight is 471 g/mol. The highest BCUT2D eigenvalue weighted by atomic mass is 32.2. The van der Waals surface area contributed by atoms with Crippen LogP contribution in [-0.2, 0) is 16.4 Å². The molecule has 0 radical (unpaired) electrons. The number of nitrogens with zero attached hydrogens (tertiary/aromatic N) is 1. The average Bonchev–Trinajstić information content (AvgIpc) is 3.35. The van der Waals surface area contributed by atoms with Gasteiger partial charge in [-0.3, -0.25) is 9.10 Å². The Kier molecular flexibility index (Phi) is 6.81. The van der Waals surface area contributed by atoms with Crippen molar-refractivity contribution < 1.29 is 17.9 Å². The zero-order valence-electron chi connectivity index (χ0n) is 17.9. The molecule has 2 heterocycles. The lowest BCUT2D eigenvalue weighted by Gasteiger charge is -2.30. The van der Waals surface area contributed by atoms with E-state index in [-0.39, 0.29) is 5.91 Å². The molecule has 0 unspecified atom stereocenters. The second-order valence-electron chi connectivity index (χ2n) is 7.64. The molecule has 3 aromatic rings. The number of unbranched alkanes of at least 4 members (excludes halogenated alkanes) is 1. The highest BCUT2D eigenvalue weighted by Crippen LogP contribution is 2.35. The number of thiophene rings is 1. The topological polar surface area (TPSA) is 75.7 Å². The number of hydrogen-bond acceptors (Lipinski definition) is 5. The SMILES string of the molecule is CCCCOc1ccc(C(=O)Nc2ccc3c(c2)N(S(=O)(=O)c2cccs2)CCC3)cc1. The fourth-order valence-corrected chi connectivity index (χ4v) is 6.26. The lowest BCUT2D eigenvalue weighted by molar-refractivity contribution is 0.102. The maximum Gasteiger partial charge on any atom is 0.273 e. The van der Waals surface area contributed by atoms with Crippen molar-refractivity contribution in [1.29, 1.82) is 0 Å². The van der Waals surface area contributed by atoms with Crippen molar-refractivity contribution >= 4 is 38.6 Å². The molecule has 1 amide bonds. The third kappa shape index (κ3) is 4.81. The highest BCUT2D eigenvalue weighted by molar-refractivity contribution is 7.94. The first-order valence-corrected chi connectivity index (χ1v) is 13.0. The molecule has 0 saturated heterocycles. The highest BCUT2D eigenvalue weighted by Gasteiger charge is 2.30. The van der Waals surface area contributed by atoms with Gasteiger partial charge in [0.05, 0.1) is 12.3 Å². The minimum Gasteiger partial charge on any atom is -0.494 e. The molecule has 8 heteroatoms. The molecule has 168 valence electrons. The fourth-order valence-electron chi connectivity index (χ4n) is 3.63. The Hall–Kier alpha value is -2.84. The molecule has 0 saturated carbocycles. The van der Waals surface area contributed by atoms with E-state index in [9.17, 15) is 13.2 Å². The molecule has 0 fully saturated rings. The second-order valence-corrected chi connectivity index (χ2v) is 10.7. The predicted molar refractivity (Wildman–Crippen MR) is 128 cm³/mol. The van der Waals surface area contributed by atoms with Crippen LogP contribution < -0.4 is 14.4 Å². The van der Waals surface area contributed by atoms with Crippen molar-refractivity contribution in [2.45, 2.75) is 36.8 Å². The summed E-state index contributed by atoms with van der Waals surface area (Å²) in [4.78, 5) is 12.7. The number of carbonyl (C=O) groups excluding carboxylic acids is 1. The Balaban J connectivity index is 1.52. The van der Waals surface area contributed by atoms with E-state index in [1.807, 2.05) is 12.1 Å². The monoisotopic (exact) mass is 470 g/mol. The van der Waals surface area contributed by atoms with Gasteiger partial charge in [0.1, 0.15) is 9.96 Å². The molecule has 0 bridgehead atoms. The standard InChI is InChI=1S/C24H26N2O4S2/c1-2-3-15-30-21-12-9-19(10-13-21)24(27)25-20-11-8-18-6-4-14-26(22(18)17-20)32(28,29)23-7-5-16-31-23/h5,7-13,16-17H,2-4,6,14-15H2,1H3,(H,25,27). The van der Waals surface area contributed by atoms with Crippen molar-refractivity contribution in [1.82, 2.24) is 0 Å². The molecule has 1 N–H and O–H groups in total. The summed E-state index contributed by atoms with van der Waals surface area (Å²) >= 11 is 1.21. The Labute approximate surface area is 192 Å². The number of benzene rings is 2. The maximum absolute atomic E-state index is 13.1. The van der Waals surface area contributed by atoms with Crippen LogP contribution in [0.1, 0.15) is 42.1 Å². The van der Waals surface area contributed by atoms with E-state index >= 15 is 0 Å². The van der Waals surface area contributed by atoms with E-state index in [2.05, 4.69) is 12.2 Å². The van der Waals surface area contributed by atoms with Gasteiger partial charge in [0.25, 0.3) is 15.9 Å². The van der Waals surface area contributed by atoms with Gasteiger partial charge >= 0.3 is 0 Å². The lowest BCUT2D eigenvalue weighted by atomic mass is 10.0. The van der Waals surface area contributed by atoms with Crippen molar-refractivity contribution in [2.24, 2.45) is 0 Å². The van der Waals surface area contributed by atoms with E-state index in [0.29, 0.717) is 34.3 Å². The first kappa shape index (κ1) is 22.4. The molecule has 0 aliphatic carbocycles. The van der Waals surface area contributed by atoms with Gasteiger partial charge in [-0.25, -0.2) is 8.42 Å². The minimum absolute atomic E-state index is 0.256. The summed E-state index contributed by atoms with van der Waals surface area (Å²) in [6.07, 6.45) is 3.61. The molecule has 32 heavy (non-hydrogen) atoms. The first-order chi connectivity index (χ1) is 15.5. The number of ether oxygens (including phenoxy) is 1. The Morgan fingerprint density at radius 1 is 1.16 bits per heavy atom. The van der Waals surface area contributed by atoms with Gasteiger partial charge in [0.2, 0.25) is 0 Å². The number of nitrogens with one attached hydrogen (secondary N) is 1. The van der Waals surface area contributed by atoms with Gasteiger partial charge in [-0.15, -0.1) is 11.3 Å². The number of fused-ring (bicyclic) bond motifs is 1. The van der Waals surface area contributed by atoms with Gasteiger partial charge in [-0.1, -0.05) is 25.5 Å². The quantitative estimate of drug-likeness (QED) is 0.452. The maximum atomic E-state index is 13.1. The molecular formula is C24H26N2O4S2. The summed E-state index contributed by atoms with van der Waals surface area (Å²) in [7, 11) is -3.62. The number of anilines is 2. The third-order valence-electron chi connectivity index (χ3n) is 5.34. The van der Waals surface area contributed by atoms with Gasteiger partial charge < -0.3 is 10.1 Å². The zero-order chi connectivity index (χ0) is 22.6. The van der Waals surface area contributed by atoms with E-state index in [0.717, 1.165) is 37.0 Å². The number of hydrogen-bond donors (Lipinski definition) is 1. The van der Waals surface area contributed by atoms with Crippen LogP contribution in [0.5, 0.6) is 5.75 Å². The van der Waals surface area contributed by atoms with Gasteiger partial charge in [0.15, 0.2) is 0 Å². The second kappa shape index (κ2) is 9.75. The minimum atomic E-state index is -3.62. The number of sulfonamides is 1. The molecule has 0 spiro atoms. The Bertz CT molecular complexity index is 1170. The van der Waals surface area contributed by atoms with Crippen LogP contribution in [-0.4, -0.2) is 27.5 Å². The number of aryl methyl sites for hydroxylation is 1. The Morgan fingerprint density at radius 2 is 1.97 bits per heavy atom. The van der Waals surface area contributed by atoms with E-state index in [1.54, 1.807) is 47.8 Å². The summed E-state index contributed by atoms with van der Waals surface area (Å²) in [6.45, 7) is 3.18. The molecule has 1 aliphatic heterocycles. The van der Waals surface area contributed by atoms with E-state index in [1.165, 1.54) is 15.6 Å². The van der Waals surface area contributed by atoms with Gasteiger partial charge in [-0.2, -0.15) is 0 Å². The third-order valence-corrected chi connectivity index (χ3v) is 8.53. The molecule has 1 aromatic heterocycles. The lowest BCUT2D eigenvalue weighted by Crippen LogP contribution is -2.35. The largest absolute Gasteiger partial charge is 0.494 e. The summed E-state index contributed by atoms with van der Waals surface area (Å²) in [5.41, 5.74) is 2.66. The van der Waals surface area contributed by atoms with Gasteiger partial charge in [-0.05, 0) is 72.7 Å². The van der Waals surface area contributed by atoms with Crippen LogP contribution in [0, 0.1) is 0 Å². The normalized spacial score (nSPS) is 13.5. The molecule has 0 atom stereocenters. The number of amides is 1. The van der Waals surface area contributed by atoms with Crippen molar-refractivity contribution in [2.75, 3.05) is 22.8 Å². The van der Waals surface area contributed by atoms with Crippen LogP contribution >= 0.6 is 11.3 Å². The summed E-state index contributed by atoms with van der Waals surface area (Å²) in [6, 6.07) is 15.8. The first-order valence-electron chi connectivity index (χ1n) is 10.7. The number of carbonyl (C=O) groups is 1. The van der Waals surface area contributed by atoms with E-state index in [4.69, 9.17) is 4.74 Å². The van der Waals surface area contributed by atoms with Crippen molar-refractivity contribution in [3.63, 3.8) is 0 Å². The van der Waals surface area contributed by atoms with Crippen molar-refractivity contribution in [3.05, 3.63) is 71.1 Å². The van der Waals surface area contributed by atoms with Crippen LogP contribution in [0.3, 0.4) is 0 Å². The molecule has 6 nitrogen and oxygen atoms in total. The fraction of sp³-hybridized carbons (Fsp3) is 0.292. The van der Waals surface area contributed by atoms with Crippen LogP contribution in [0.25, 0.3) is 0 Å². The smallest absolute Gasteiger partial charge is 0.273 e. The predicted octanol–water partition coefficient (Wildman–Crippen LogP) is 5.32. The Morgan fingerprint density at radius 3 is 2.69 bits per heavy atom. The van der Waals surface area contributed by atoms with Crippen LogP contribution in [0.15, 0.2) is 64.2 Å². The number of rotatable bonds is 8. The molecule has 4 rings (SSSR count). The van der Waals surface area contributed by atoms with Crippen LogP contribution in [0.2, 0.25) is 0 Å². The van der Waals surface area contributed by atoms with E-state index < -0.39 is 10.0 Å². The summed E-state index contributed by atoms with van der Waals surface area (Å²) < 4.78 is 33.7. The summed E-state index contributed by atoms with van der Waals surface area (Å²) in [5.74, 6) is 0.478. The van der Waals surface area contributed by atoms with Crippen LogP contribution in [0.4, 0.5) is 11.4 Å². The molecule has 2 aromatic carbocycles. The van der Waals surface area contributed by atoms with Gasteiger partial charge in [0, 0.05) is 17.8 Å². The summed E-state index contributed by atoms with van der Waals surface area (Å²) in [5, 5.41) is 4.65. The molecular weight excluding hydrogens is 444 g/mol.